The number of phenols is 1. The van der Waals surface area contributed by atoms with Crippen molar-refractivity contribution in [1.82, 2.24) is 0 Å². The number of benzene rings is 1. The van der Waals surface area contributed by atoms with Crippen molar-refractivity contribution in [2.45, 2.75) is 0 Å². The second-order valence-electron chi connectivity index (χ2n) is 2.14. The maximum Gasteiger partial charge on any atom is 0.135 e. The van der Waals surface area contributed by atoms with Gasteiger partial charge in [0.05, 0.1) is 11.6 Å². The molecule has 3 N–H and O–H groups in total. The fourth-order valence-electron chi connectivity index (χ4n) is 0.763. The van der Waals surface area contributed by atoms with Crippen molar-refractivity contribution in [3.63, 3.8) is 0 Å². The van der Waals surface area contributed by atoms with Crippen molar-refractivity contribution >= 4 is 11.6 Å². The van der Waals surface area contributed by atoms with Gasteiger partial charge in [-0.05, 0) is 12.1 Å². The highest BCUT2D eigenvalue weighted by molar-refractivity contribution is 6.33. The Morgan fingerprint density at radius 1 is 1.50 bits per heavy atom. The molecule has 2 nitrogen and oxygen atoms in total. The largest absolute Gasteiger partial charge is 0.506 e. The molecule has 62 valence electrons. The number of nitrogens with two attached hydrogens (primary N) is 1. The van der Waals surface area contributed by atoms with E-state index in [9.17, 15) is 0 Å². The summed E-state index contributed by atoms with van der Waals surface area (Å²) in [5.74, 6) is 5.44. The third kappa shape index (κ3) is 1.91. The summed E-state index contributed by atoms with van der Waals surface area (Å²) in [5, 5.41) is 9.44. The van der Waals surface area contributed by atoms with E-state index in [2.05, 4.69) is 11.8 Å². The summed E-state index contributed by atoms with van der Waals surface area (Å²) in [5.41, 5.74) is 5.78. The van der Waals surface area contributed by atoms with Crippen LogP contribution in [0, 0.1) is 11.8 Å². The zero-order valence-corrected chi connectivity index (χ0v) is 7.10. The van der Waals surface area contributed by atoms with Crippen LogP contribution in [0.15, 0.2) is 18.2 Å². The molecule has 0 saturated heterocycles. The molecule has 0 heterocycles. The molecule has 0 bridgehead atoms. The minimum Gasteiger partial charge on any atom is -0.506 e. The zero-order chi connectivity index (χ0) is 8.97. The van der Waals surface area contributed by atoms with Crippen LogP contribution < -0.4 is 5.73 Å². The van der Waals surface area contributed by atoms with Crippen LogP contribution in [-0.4, -0.2) is 11.7 Å². The summed E-state index contributed by atoms with van der Waals surface area (Å²) in [6.07, 6.45) is 0. The van der Waals surface area contributed by atoms with Crippen LogP contribution in [0.4, 0.5) is 0 Å². The fraction of sp³-hybridized carbons (Fsp3) is 0.111. The van der Waals surface area contributed by atoms with E-state index in [0.29, 0.717) is 5.56 Å². The maximum atomic E-state index is 9.17. The monoisotopic (exact) mass is 181 g/mol. The number of halogens is 1. The first-order chi connectivity index (χ1) is 5.75. The first-order valence-corrected chi connectivity index (χ1v) is 3.80. The molecule has 0 aliphatic rings. The van der Waals surface area contributed by atoms with Gasteiger partial charge in [-0.1, -0.05) is 29.5 Å². The van der Waals surface area contributed by atoms with Crippen molar-refractivity contribution in [1.29, 1.82) is 0 Å². The third-order valence-electron chi connectivity index (χ3n) is 1.30. The van der Waals surface area contributed by atoms with E-state index >= 15 is 0 Å². The molecule has 0 aliphatic heterocycles. The minimum absolute atomic E-state index is 0.0421. The van der Waals surface area contributed by atoms with E-state index in [1.165, 1.54) is 6.07 Å². The van der Waals surface area contributed by atoms with E-state index in [4.69, 9.17) is 22.4 Å². The lowest BCUT2D eigenvalue weighted by Crippen LogP contribution is -1.93. The Bertz CT molecular complexity index is 338. The highest BCUT2D eigenvalue weighted by Crippen LogP contribution is 2.25. The summed E-state index contributed by atoms with van der Waals surface area (Å²) < 4.78 is 0. The van der Waals surface area contributed by atoms with Crippen LogP contribution in [0.2, 0.25) is 5.02 Å². The topological polar surface area (TPSA) is 46.2 Å². The molecule has 0 unspecified atom stereocenters. The Hall–Kier alpha value is -1.17. The lowest BCUT2D eigenvalue weighted by molar-refractivity contribution is 0.475. The first-order valence-electron chi connectivity index (χ1n) is 3.42. The Morgan fingerprint density at radius 2 is 2.25 bits per heavy atom. The second-order valence-corrected chi connectivity index (χ2v) is 2.52. The summed E-state index contributed by atoms with van der Waals surface area (Å²) in [6, 6.07) is 4.92. The van der Waals surface area contributed by atoms with Gasteiger partial charge in [0.25, 0.3) is 0 Å². The molecule has 0 amide bonds. The normalized spacial score (nSPS) is 8.83. The lowest BCUT2D eigenvalue weighted by atomic mass is 10.2. The number of hydrogen-bond acceptors (Lipinski definition) is 2. The average Bonchev–Trinajstić information content (AvgIpc) is 2.08. The summed E-state index contributed by atoms with van der Waals surface area (Å²) in [4.78, 5) is 0. The molecule has 0 atom stereocenters. The van der Waals surface area contributed by atoms with Gasteiger partial charge in [-0.25, -0.2) is 0 Å². The van der Waals surface area contributed by atoms with E-state index in [1.54, 1.807) is 12.1 Å². The standard InChI is InChI=1S/C9H8ClNO/c10-9-7(4-2-6-11)3-1-5-8(9)12/h1,3,5,12H,6,11H2. The van der Waals surface area contributed by atoms with Crippen molar-refractivity contribution < 1.29 is 5.11 Å². The molecule has 3 heteroatoms. The molecule has 0 fully saturated rings. The molecular weight excluding hydrogens is 174 g/mol. The molecule has 0 aromatic heterocycles. The Morgan fingerprint density at radius 3 is 2.92 bits per heavy atom. The van der Waals surface area contributed by atoms with Crippen LogP contribution >= 0.6 is 11.6 Å². The Balaban J connectivity index is 3.08. The van der Waals surface area contributed by atoms with Crippen LogP contribution in [0.5, 0.6) is 5.75 Å². The van der Waals surface area contributed by atoms with Gasteiger partial charge < -0.3 is 10.8 Å². The van der Waals surface area contributed by atoms with E-state index in [-0.39, 0.29) is 17.3 Å². The van der Waals surface area contributed by atoms with E-state index < -0.39 is 0 Å². The van der Waals surface area contributed by atoms with Crippen LogP contribution in [0.3, 0.4) is 0 Å². The average molecular weight is 182 g/mol. The van der Waals surface area contributed by atoms with E-state index in [0.717, 1.165) is 0 Å². The zero-order valence-electron chi connectivity index (χ0n) is 6.34. The second kappa shape index (κ2) is 4.01. The SMILES string of the molecule is NCC#Cc1cccc(O)c1Cl. The molecule has 1 aromatic rings. The predicted molar refractivity (Wildman–Crippen MR) is 49.0 cm³/mol. The smallest absolute Gasteiger partial charge is 0.135 e. The highest BCUT2D eigenvalue weighted by Gasteiger charge is 2.00. The Labute approximate surface area is 76.0 Å². The summed E-state index contributed by atoms with van der Waals surface area (Å²) in [7, 11) is 0. The maximum absolute atomic E-state index is 9.17. The summed E-state index contributed by atoms with van der Waals surface area (Å²) >= 11 is 5.74. The molecule has 0 spiro atoms. The van der Waals surface area contributed by atoms with Crippen LogP contribution in [-0.2, 0) is 0 Å². The van der Waals surface area contributed by atoms with Gasteiger partial charge in [0, 0.05) is 5.56 Å². The molecule has 0 saturated carbocycles. The van der Waals surface area contributed by atoms with Crippen molar-refractivity contribution in [2.24, 2.45) is 5.73 Å². The minimum atomic E-state index is 0.0421. The molecule has 12 heavy (non-hydrogen) atoms. The predicted octanol–water partition coefficient (Wildman–Crippen LogP) is 1.36. The number of phenolic OH excluding ortho intramolecular Hbond substituents is 1. The molecular formula is C9H8ClNO. The third-order valence-corrected chi connectivity index (χ3v) is 1.70. The highest BCUT2D eigenvalue weighted by atomic mass is 35.5. The molecule has 0 radical (unpaired) electrons. The lowest BCUT2D eigenvalue weighted by Gasteiger charge is -1.97. The van der Waals surface area contributed by atoms with Gasteiger partial charge in [0.15, 0.2) is 0 Å². The number of aromatic hydroxyl groups is 1. The van der Waals surface area contributed by atoms with Gasteiger partial charge >= 0.3 is 0 Å². The number of rotatable bonds is 0. The number of hydrogen-bond donors (Lipinski definition) is 2. The molecule has 1 rings (SSSR count). The van der Waals surface area contributed by atoms with Crippen LogP contribution in [0.1, 0.15) is 5.56 Å². The quantitative estimate of drug-likeness (QED) is 0.594. The summed E-state index contributed by atoms with van der Waals surface area (Å²) in [6.45, 7) is 0.284. The van der Waals surface area contributed by atoms with E-state index in [1.807, 2.05) is 0 Å². The van der Waals surface area contributed by atoms with Crippen molar-refractivity contribution in [3.8, 4) is 17.6 Å². The van der Waals surface area contributed by atoms with Gasteiger partial charge in [0.1, 0.15) is 5.75 Å². The molecule has 0 aliphatic carbocycles. The van der Waals surface area contributed by atoms with Gasteiger partial charge in [-0.3, -0.25) is 0 Å². The first kappa shape index (κ1) is 8.92. The molecule has 1 aromatic carbocycles. The van der Waals surface area contributed by atoms with Crippen molar-refractivity contribution in [3.05, 3.63) is 28.8 Å². The van der Waals surface area contributed by atoms with Crippen LogP contribution in [0.25, 0.3) is 0 Å². The van der Waals surface area contributed by atoms with Gasteiger partial charge in [-0.15, -0.1) is 0 Å². The van der Waals surface area contributed by atoms with Gasteiger partial charge in [0.2, 0.25) is 0 Å². The Kier molecular flexibility index (Phi) is 2.98. The van der Waals surface area contributed by atoms with Gasteiger partial charge in [-0.2, -0.15) is 0 Å². The van der Waals surface area contributed by atoms with Crippen molar-refractivity contribution in [2.75, 3.05) is 6.54 Å². The fourth-order valence-corrected chi connectivity index (χ4v) is 0.936.